The molecule has 8 heavy (non-hydrogen) atoms. The largest absolute Gasteiger partial charge is 0.480 e. The van der Waals surface area contributed by atoms with Crippen molar-refractivity contribution >= 4 is 0 Å². The van der Waals surface area contributed by atoms with Gasteiger partial charge in [-0.05, 0) is 13.0 Å². The van der Waals surface area contributed by atoms with Gasteiger partial charge < -0.3 is 10.5 Å². The molecule has 0 saturated heterocycles. The van der Waals surface area contributed by atoms with Crippen molar-refractivity contribution in [2.24, 2.45) is 5.73 Å². The first-order valence-corrected chi connectivity index (χ1v) is 2.84. The minimum absolute atomic E-state index is 0.318. The Morgan fingerprint density at radius 2 is 2.38 bits per heavy atom. The van der Waals surface area contributed by atoms with Gasteiger partial charge in [0.1, 0.15) is 0 Å². The Bertz CT molecular complexity index is 70.9. The highest BCUT2D eigenvalue weighted by Crippen LogP contribution is 1.89. The van der Waals surface area contributed by atoms with Crippen LogP contribution in [-0.2, 0) is 4.74 Å². The van der Waals surface area contributed by atoms with Crippen molar-refractivity contribution in [2.75, 3.05) is 6.61 Å². The first-order valence-electron chi connectivity index (χ1n) is 2.84. The van der Waals surface area contributed by atoms with E-state index in [0.29, 0.717) is 12.5 Å². The molecule has 0 radical (unpaired) electrons. The fourth-order valence-corrected chi connectivity index (χ4v) is 0.348. The van der Waals surface area contributed by atoms with Crippen molar-refractivity contribution in [3.63, 3.8) is 0 Å². The number of nitrogens with two attached hydrogens (primary N) is 1. The molecule has 0 bridgehead atoms. The van der Waals surface area contributed by atoms with Gasteiger partial charge in [0.25, 0.3) is 0 Å². The van der Waals surface area contributed by atoms with E-state index in [-0.39, 0.29) is 0 Å². The van der Waals surface area contributed by atoms with Gasteiger partial charge in [0.2, 0.25) is 0 Å². The fraction of sp³-hybridized carbons (Fsp3) is 0.667. The summed E-state index contributed by atoms with van der Waals surface area (Å²) in [6, 6.07) is 0. The lowest BCUT2D eigenvalue weighted by Crippen LogP contribution is -2.01. The molecular formula is C6H13NO. The predicted octanol–water partition coefficient (Wildman–Crippen LogP) is 1.23. The van der Waals surface area contributed by atoms with E-state index in [9.17, 15) is 0 Å². The van der Waals surface area contributed by atoms with E-state index < -0.39 is 0 Å². The first-order chi connectivity index (χ1) is 3.77. The zero-order valence-corrected chi connectivity index (χ0v) is 5.31. The van der Waals surface area contributed by atoms with Gasteiger partial charge in [-0.3, -0.25) is 0 Å². The zero-order chi connectivity index (χ0) is 6.41. The molecule has 0 atom stereocenters. The summed E-state index contributed by atoms with van der Waals surface area (Å²) in [5, 5.41) is 0. The highest BCUT2D eigenvalue weighted by atomic mass is 16.5. The summed E-state index contributed by atoms with van der Waals surface area (Å²) in [4.78, 5) is 0. The Hall–Kier alpha value is -0.660. The number of unbranched alkanes of at least 4 members (excludes halogenated alkanes) is 1. The average molecular weight is 115 g/mol. The molecule has 0 aliphatic carbocycles. The van der Waals surface area contributed by atoms with E-state index in [1.165, 1.54) is 0 Å². The van der Waals surface area contributed by atoms with Gasteiger partial charge in [-0.2, -0.15) is 0 Å². The third-order valence-corrected chi connectivity index (χ3v) is 0.785. The normalized spacial score (nSPS) is 8.62. The van der Waals surface area contributed by atoms with Crippen LogP contribution in [0.5, 0.6) is 0 Å². The Labute approximate surface area is 50.3 Å². The molecule has 0 fully saturated rings. The smallest absolute Gasteiger partial charge is 0.176 e. The van der Waals surface area contributed by atoms with Crippen LogP contribution in [0.1, 0.15) is 19.8 Å². The second-order valence-corrected chi connectivity index (χ2v) is 1.67. The quantitative estimate of drug-likeness (QED) is 0.442. The molecule has 0 aromatic rings. The Kier molecular flexibility index (Phi) is 4.13. The lowest BCUT2D eigenvalue weighted by atomic mass is 10.4. The minimum Gasteiger partial charge on any atom is -0.480 e. The highest BCUT2D eigenvalue weighted by molar-refractivity contribution is 4.70. The molecule has 48 valence electrons. The van der Waals surface area contributed by atoms with Gasteiger partial charge >= 0.3 is 0 Å². The van der Waals surface area contributed by atoms with Crippen molar-refractivity contribution < 1.29 is 4.74 Å². The van der Waals surface area contributed by atoms with Gasteiger partial charge in [-0.15, -0.1) is 0 Å². The second-order valence-electron chi connectivity index (χ2n) is 1.67. The van der Waals surface area contributed by atoms with Crippen LogP contribution in [0.4, 0.5) is 0 Å². The number of rotatable bonds is 4. The highest BCUT2D eigenvalue weighted by Gasteiger charge is 1.83. The first kappa shape index (κ1) is 7.34. The van der Waals surface area contributed by atoms with Crippen LogP contribution in [0.15, 0.2) is 12.5 Å². The number of ether oxygens (including phenoxy) is 1. The third-order valence-electron chi connectivity index (χ3n) is 0.785. The second kappa shape index (κ2) is 4.50. The van der Waals surface area contributed by atoms with Gasteiger partial charge in [0, 0.05) is 0 Å². The van der Waals surface area contributed by atoms with E-state index in [0.717, 1.165) is 12.8 Å². The van der Waals surface area contributed by atoms with E-state index in [1.54, 1.807) is 0 Å². The molecule has 0 aliphatic heterocycles. The van der Waals surface area contributed by atoms with Crippen molar-refractivity contribution in [1.82, 2.24) is 0 Å². The maximum Gasteiger partial charge on any atom is 0.176 e. The van der Waals surface area contributed by atoms with Crippen molar-refractivity contribution in [1.29, 1.82) is 0 Å². The summed E-state index contributed by atoms with van der Waals surface area (Å²) < 4.78 is 4.87. The molecule has 2 heteroatoms. The molecule has 0 rings (SSSR count). The standard InChI is InChI=1S/C6H13NO/c1-3-4-5-8-6(2)7/h2-5,7H2,1H3. The maximum atomic E-state index is 5.12. The van der Waals surface area contributed by atoms with Crippen molar-refractivity contribution in [2.45, 2.75) is 19.8 Å². The summed E-state index contributed by atoms with van der Waals surface area (Å²) in [5.41, 5.74) is 5.12. The van der Waals surface area contributed by atoms with Gasteiger partial charge in [-0.25, -0.2) is 0 Å². The van der Waals surface area contributed by atoms with Crippen LogP contribution in [0.25, 0.3) is 0 Å². The monoisotopic (exact) mass is 115 g/mol. The van der Waals surface area contributed by atoms with E-state index >= 15 is 0 Å². The molecule has 0 amide bonds. The summed E-state index contributed by atoms with van der Waals surface area (Å²) in [5.74, 6) is 0.318. The molecule has 0 aromatic heterocycles. The zero-order valence-electron chi connectivity index (χ0n) is 5.31. The van der Waals surface area contributed by atoms with Crippen molar-refractivity contribution in [3.8, 4) is 0 Å². The van der Waals surface area contributed by atoms with Crippen LogP contribution < -0.4 is 5.73 Å². The van der Waals surface area contributed by atoms with Crippen LogP contribution in [0.3, 0.4) is 0 Å². The third kappa shape index (κ3) is 5.34. The molecule has 0 spiro atoms. The molecule has 0 saturated carbocycles. The average Bonchev–Trinajstić information content (AvgIpc) is 1.66. The van der Waals surface area contributed by atoms with E-state index in [4.69, 9.17) is 10.5 Å². The molecule has 0 heterocycles. The molecule has 2 nitrogen and oxygen atoms in total. The molecule has 0 unspecified atom stereocenters. The Morgan fingerprint density at radius 1 is 1.75 bits per heavy atom. The fourth-order valence-electron chi connectivity index (χ4n) is 0.348. The summed E-state index contributed by atoms with van der Waals surface area (Å²) in [6.07, 6.45) is 2.18. The van der Waals surface area contributed by atoms with Gasteiger partial charge in [-0.1, -0.05) is 13.3 Å². The number of hydrogen-bond acceptors (Lipinski definition) is 2. The molecular weight excluding hydrogens is 102 g/mol. The van der Waals surface area contributed by atoms with Crippen LogP contribution in [0, 0.1) is 0 Å². The predicted molar refractivity (Wildman–Crippen MR) is 34.2 cm³/mol. The van der Waals surface area contributed by atoms with Crippen LogP contribution in [0.2, 0.25) is 0 Å². The summed E-state index contributed by atoms with van der Waals surface area (Å²) in [6.45, 7) is 6.18. The SMILES string of the molecule is C=C(N)OCCCC. The maximum absolute atomic E-state index is 5.12. The lowest BCUT2D eigenvalue weighted by molar-refractivity contribution is 0.206. The topological polar surface area (TPSA) is 35.2 Å². The van der Waals surface area contributed by atoms with Gasteiger partial charge in [0.05, 0.1) is 6.61 Å². The lowest BCUT2D eigenvalue weighted by Gasteiger charge is -2.00. The Morgan fingerprint density at radius 3 is 2.75 bits per heavy atom. The van der Waals surface area contributed by atoms with Crippen LogP contribution in [-0.4, -0.2) is 6.61 Å². The summed E-state index contributed by atoms with van der Waals surface area (Å²) >= 11 is 0. The Balaban J connectivity index is 2.82. The molecule has 2 N–H and O–H groups in total. The van der Waals surface area contributed by atoms with E-state index in [1.807, 2.05) is 0 Å². The van der Waals surface area contributed by atoms with Crippen LogP contribution >= 0.6 is 0 Å². The molecule has 0 aromatic carbocycles. The number of hydrogen-bond donors (Lipinski definition) is 1. The summed E-state index contributed by atoms with van der Waals surface area (Å²) in [7, 11) is 0. The van der Waals surface area contributed by atoms with Gasteiger partial charge in [0.15, 0.2) is 5.88 Å². The van der Waals surface area contributed by atoms with E-state index in [2.05, 4.69) is 13.5 Å². The molecule has 0 aliphatic rings. The minimum atomic E-state index is 0.318. The van der Waals surface area contributed by atoms with Crippen molar-refractivity contribution in [3.05, 3.63) is 12.5 Å².